The van der Waals surface area contributed by atoms with Crippen molar-refractivity contribution < 1.29 is 18.1 Å². The van der Waals surface area contributed by atoms with Gasteiger partial charge in [0, 0.05) is 5.56 Å². The van der Waals surface area contributed by atoms with Gasteiger partial charge in [0.2, 0.25) is 0 Å². The quantitative estimate of drug-likeness (QED) is 0.455. The first-order chi connectivity index (χ1) is 9.47. The molecule has 6 nitrogen and oxygen atoms in total. The van der Waals surface area contributed by atoms with Crippen LogP contribution in [0.25, 0.3) is 0 Å². The summed E-state index contributed by atoms with van der Waals surface area (Å²) in [4.78, 5) is -0.187. The molecule has 0 atom stereocenters. The molecule has 0 aliphatic rings. The predicted octanol–water partition coefficient (Wildman–Crippen LogP) is 2.08. The average Bonchev–Trinajstić information content (AvgIpc) is 2.40. The van der Waals surface area contributed by atoms with Crippen molar-refractivity contribution in [3.8, 4) is 5.75 Å². The van der Waals surface area contributed by atoms with Gasteiger partial charge in [-0.25, -0.2) is 0 Å². The molecule has 3 N–H and O–H groups in total. The first-order valence-corrected chi connectivity index (χ1v) is 7.05. The maximum Gasteiger partial charge on any atom is 0.294 e. The van der Waals surface area contributed by atoms with Crippen molar-refractivity contribution in [2.75, 3.05) is 5.43 Å². The highest BCUT2D eigenvalue weighted by Gasteiger charge is 2.07. The molecule has 0 fully saturated rings. The number of phenolic OH excluding ortho intramolecular Hbond substituents is 1. The minimum absolute atomic E-state index is 0.111. The van der Waals surface area contributed by atoms with Crippen molar-refractivity contribution >= 4 is 22.0 Å². The maximum absolute atomic E-state index is 10.9. The zero-order valence-electron chi connectivity index (χ0n) is 10.3. The van der Waals surface area contributed by atoms with Crippen LogP contribution in [0.5, 0.6) is 5.75 Å². The molecule has 0 radical (unpaired) electrons. The minimum atomic E-state index is -4.19. The highest BCUT2D eigenvalue weighted by Crippen LogP contribution is 2.15. The third-order valence-corrected chi connectivity index (χ3v) is 3.35. The summed E-state index contributed by atoms with van der Waals surface area (Å²) in [5.74, 6) is 0.111. The second-order valence-corrected chi connectivity index (χ2v) is 5.35. The smallest absolute Gasteiger partial charge is 0.294 e. The van der Waals surface area contributed by atoms with Crippen molar-refractivity contribution in [1.82, 2.24) is 0 Å². The van der Waals surface area contributed by atoms with Gasteiger partial charge in [0.1, 0.15) is 5.75 Å². The number of anilines is 1. The SMILES string of the molecule is O=S(=O)(O)c1ccc(N/N=C\c2ccccc2O)cc1. The van der Waals surface area contributed by atoms with Crippen LogP contribution in [0.4, 0.5) is 5.69 Å². The molecule has 20 heavy (non-hydrogen) atoms. The van der Waals surface area contributed by atoms with Crippen LogP contribution in [0, 0.1) is 0 Å². The van der Waals surface area contributed by atoms with Crippen LogP contribution < -0.4 is 5.43 Å². The number of nitrogens with one attached hydrogen (secondary N) is 1. The van der Waals surface area contributed by atoms with E-state index in [2.05, 4.69) is 10.5 Å². The van der Waals surface area contributed by atoms with Crippen molar-refractivity contribution in [2.24, 2.45) is 5.10 Å². The molecule has 0 aliphatic carbocycles. The fourth-order valence-electron chi connectivity index (χ4n) is 1.47. The summed E-state index contributed by atoms with van der Waals surface area (Å²) >= 11 is 0. The summed E-state index contributed by atoms with van der Waals surface area (Å²) < 4.78 is 30.5. The van der Waals surface area contributed by atoms with Crippen molar-refractivity contribution in [1.29, 1.82) is 0 Å². The van der Waals surface area contributed by atoms with Gasteiger partial charge in [0.15, 0.2) is 0 Å². The third kappa shape index (κ3) is 3.56. The third-order valence-electron chi connectivity index (χ3n) is 2.49. The normalized spacial score (nSPS) is 11.7. The lowest BCUT2D eigenvalue weighted by Crippen LogP contribution is -1.98. The first kappa shape index (κ1) is 14.0. The van der Waals surface area contributed by atoms with Gasteiger partial charge in [-0.15, -0.1) is 0 Å². The summed E-state index contributed by atoms with van der Waals surface area (Å²) in [6.45, 7) is 0. The number of benzene rings is 2. The number of para-hydroxylation sites is 1. The van der Waals surface area contributed by atoms with Crippen LogP contribution in [0.3, 0.4) is 0 Å². The molecule has 2 aromatic carbocycles. The highest BCUT2D eigenvalue weighted by molar-refractivity contribution is 7.85. The average molecular weight is 292 g/mol. The molecule has 0 saturated carbocycles. The van der Waals surface area contributed by atoms with E-state index >= 15 is 0 Å². The van der Waals surface area contributed by atoms with Gasteiger partial charge < -0.3 is 5.11 Å². The molecular weight excluding hydrogens is 280 g/mol. The summed E-state index contributed by atoms with van der Waals surface area (Å²) in [6.07, 6.45) is 1.44. The lowest BCUT2D eigenvalue weighted by molar-refractivity contribution is 0.474. The number of aromatic hydroxyl groups is 1. The number of hydrogen-bond acceptors (Lipinski definition) is 5. The number of hydrazone groups is 1. The molecule has 0 aromatic heterocycles. The van der Waals surface area contributed by atoms with Crippen LogP contribution in [0.15, 0.2) is 58.5 Å². The summed E-state index contributed by atoms with van der Waals surface area (Å²) in [7, 11) is -4.19. The molecule has 2 aromatic rings. The lowest BCUT2D eigenvalue weighted by Gasteiger charge is -2.02. The van der Waals surface area contributed by atoms with Crippen LogP contribution in [0.2, 0.25) is 0 Å². The molecule has 0 bridgehead atoms. The number of phenols is 1. The molecule has 0 heterocycles. The Kier molecular flexibility index (Phi) is 4.02. The molecular formula is C13H12N2O4S. The molecule has 0 saturated heterocycles. The Labute approximate surface area is 116 Å². The maximum atomic E-state index is 10.9. The van der Waals surface area contributed by atoms with Crippen LogP contribution in [-0.2, 0) is 10.1 Å². The fourth-order valence-corrected chi connectivity index (χ4v) is 1.95. The Morgan fingerprint density at radius 3 is 2.30 bits per heavy atom. The van der Waals surface area contributed by atoms with E-state index < -0.39 is 10.1 Å². The molecule has 0 unspecified atom stereocenters. The lowest BCUT2D eigenvalue weighted by atomic mass is 10.2. The Morgan fingerprint density at radius 1 is 1.05 bits per heavy atom. The van der Waals surface area contributed by atoms with Gasteiger partial charge in [-0.05, 0) is 36.4 Å². The van der Waals surface area contributed by atoms with E-state index in [1.165, 1.54) is 30.5 Å². The fraction of sp³-hybridized carbons (Fsp3) is 0. The molecule has 0 aliphatic heterocycles. The van der Waals surface area contributed by atoms with Crippen LogP contribution in [-0.4, -0.2) is 24.3 Å². The van der Waals surface area contributed by atoms with E-state index in [0.29, 0.717) is 11.3 Å². The van der Waals surface area contributed by atoms with Gasteiger partial charge in [-0.2, -0.15) is 13.5 Å². The van der Waals surface area contributed by atoms with E-state index in [1.54, 1.807) is 24.3 Å². The predicted molar refractivity (Wildman–Crippen MR) is 75.6 cm³/mol. The minimum Gasteiger partial charge on any atom is -0.507 e. The number of rotatable bonds is 4. The van der Waals surface area contributed by atoms with Gasteiger partial charge >= 0.3 is 0 Å². The summed E-state index contributed by atoms with van der Waals surface area (Å²) in [6, 6.07) is 12.2. The monoisotopic (exact) mass is 292 g/mol. The summed E-state index contributed by atoms with van der Waals surface area (Å²) in [5.41, 5.74) is 3.78. The van der Waals surface area contributed by atoms with E-state index in [0.717, 1.165) is 0 Å². The molecule has 2 rings (SSSR count). The van der Waals surface area contributed by atoms with Crippen molar-refractivity contribution in [3.05, 3.63) is 54.1 Å². The van der Waals surface area contributed by atoms with Crippen molar-refractivity contribution in [2.45, 2.75) is 4.90 Å². The van der Waals surface area contributed by atoms with E-state index in [9.17, 15) is 13.5 Å². The standard InChI is InChI=1S/C13H12N2O4S/c16-13-4-2-1-3-10(13)9-14-15-11-5-7-12(8-6-11)20(17,18)19/h1-9,15-16H,(H,17,18,19)/b14-9-. The van der Waals surface area contributed by atoms with Gasteiger partial charge in [-0.1, -0.05) is 12.1 Å². The zero-order chi connectivity index (χ0) is 14.6. The van der Waals surface area contributed by atoms with Gasteiger partial charge in [0.05, 0.1) is 16.8 Å². The zero-order valence-corrected chi connectivity index (χ0v) is 11.1. The number of nitrogens with zero attached hydrogens (tertiary/aromatic N) is 1. The highest BCUT2D eigenvalue weighted by atomic mass is 32.2. The van der Waals surface area contributed by atoms with E-state index in [-0.39, 0.29) is 10.6 Å². The first-order valence-electron chi connectivity index (χ1n) is 5.61. The molecule has 0 spiro atoms. The number of hydrogen-bond donors (Lipinski definition) is 3. The van der Waals surface area contributed by atoms with E-state index in [4.69, 9.17) is 4.55 Å². The Bertz CT molecular complexity index is 724. The van der Waals surface area contributed by atoms with Crippen LogP contribution >= 0.6 is 0 Å². The molecule has 0 amide bonds. The molecule has 7 heteroatoms. The Balaban J connectivity index is 2.07. The van der Waals surface area contributed by atoms with Crippen LogP contribution in [0.1, 0.15) is 5.56 Å². The Morgan fingerprint density at radius 2 is 1.70 bits per heavy atom. The van der Waals surface area contributed by atoms with Gasteiger partial charge in [0.25, 0.3) is 10.1 Å². The van der Waals surface area contributed by atoms with E-state index in [1.807, 2.05) is 0 Å². The Hall–Kier alpha value is -2.38. The second-order valence-electron chi connectivity index (χ2n) is 3.93. The largest absolute Gasteiger partial charge is 0.507 e. The molecule has 104 valence electrons. The van der Waals surface area contributed by atoms with Gasteiger partial charge in [-0.3, -0.25) is 9.98 Å². The topological polar surface area (TPSA) is 99.0 Å². The second kappa shape index (κ2) is 5.72. The summed E-state index contributed by atoms with van der Waals surface area (Å²) in [5, 5.41) is 13.4. The van der Waals surface area contributed by atoms with Crippen molar-refractivity contribution in [3.63, 3.8) is 0 Å².